The number of ketones is 1. The van der Waals surface area contributed by atoms with Gasteiger partial charge in [-0.15, -0.1) is 0 Å². The second kappa shape index (κ2) is 5.34. The lowest BCUT2D eigenvalue weighted by molar-refractivity contribution is 0.101. The SMILES string of the molecule is CC(=O)c1ccc2c(c1)[C@@H]1C=CC[C@H]1[C@H](c1ccc(F)cc1)N2. The van der Waals surface area contributed by atoms with E-state index in [0.717, 1.165) is 23.2 Å². The van der Waals surface area contributed by atoms with Crippen LogP contribution in [-0.2, 0) is 0 Å². The van der Waals surface area contributed by atoms with Crippen molar-refractivity contribution in [2.45, 2.75) is 25.3 Å². The number of fused-ring (bicyclic) bond motifs is 3. The highest BCUT2D eigenvalue weighted by Crippen LogP contribution is 2.49. The van der Waals surface area contributed by atoms with Gasteiger partial charge < -0.3 is 5.32 Å². The van der Waals surface area contributed by atoms with Crippen LogP contribution >= 0.6 is 0 Å². The number of hydrogen-bond donors (Lipinski definition) is 1. The van der Waals surface area contributed by atoms with E-state index in [0.29, 0.717) is 11.8 Å². The zero-order valence-corrected chi connectivity index (χ0v) is 12.9. The van der Waals surface area contributed by atoms with E-state index in [4.69, 9.17) is 0 Å². The van der Waals surface area contributed by atoms with Gasteiger partial charge in [0.25, 0.3) is 0 Å². The number of benzene rings is 2. The van der Waals surface area contributed by atoms with Gasteiger partial charge in [-0.05, 0) is 60.7 Å². The van der Waals surface area contributed by atoms with Crippen LogP contribution in [0, 0.1) is 11.7 Å². The van der Waals surface area contributed by atoms with Crippen molar-refractivity contribution in [3.63, 3.8) is 0 Å². The van der Waals surface area contributed by atoms with Gasteiger partial charge in [0.05, 0.1) is 6.04 Å². The quantitative estimate of drug-likeness (QED) is 0.634. The Morgan fingerprint density at radius 2 is 1.96 bits per heavy atom. The van der Waals surface area contributed by atoms with Crippen LogP contribution in [0.3, 0.4) is 0 Å². The van der Waals surface area contributed by atoms with Crippen LogP contribution in [0.15, 0.2) is 54.6 Å². The normalized spacial score (nSPS) is 24.7. The minimum Gasteiger partial charge on any atom is -0.378 e. The van der Waals surface area contributed by atoms with Gasteiger partial charge in [0.15, 0.2) is 5.78 Å². The molecule has 1 heterocycles. The van der Waals surface area contributed by atoms with Crippen molar-refractivity contribution in [3.8, 4) is 0 Å². The number of allylic oxidation sites excluding steroid dienone is 2. The van der Waals surface area contributed by atoms with Crippen molar-refractivity contribution in [1.29, 1.82) is 0 Å². The molecule has 2 aromatic carbocycles. The third-order valence-electron chi connectivity index (χ3n) is 5.00. The average Bonchev–Trinajstić information content (AvgIpc) is 3.04. The molecule has 1 aliphatic heterocycles. The summed E-state index contributed by atoms with van der Waals surface area (Å²) in [6.07, 6.45) is 5.44. The number of nitrogens with one attached hydrogen (secondary N) is 1. The van der Waals surface area contributed by atoms with Gasteiger partial charge in [-0.2, -0.15) is 0 Å². The predicted molar refractivity (Wildman–Crippen MR) is 89.2 cm³/mol. The summed E-state index contributed by atoms with van der Waals surface area (Å²) >= 11 is 0. The fourth-order valence-corrected chi connectivity index (χ4v) is 3.81. The minimum absolute atomic E-state index is 0.0898. The zero-order valence-electron chi connectivity index (χ0n) is 12.9. The molecular formula is C20H18FNO. The smallest absolute Gasteiger partial charge is 0.159 e. The van der Waals surface area contributed by atoms with E-state index in [1.807, 2.05) is 30.3 Å². The average molecular weight is 307 g/mol. The molecule has 0 spiro atoms. The van der Waals surface area contributed by atoms with Crippen LogP contribution < -0.4 is 5.32 Å². The highest BCUT2D eigenvalue weighted by molar-refractivity contribution is 5.95. The number of Topliss-reactive ketones (excluding diaryl/α,β-unsaturated/α-hetero) is 1. The first-order valence-corrected chi connectivity index (χ1v) is 7.97. The highest BCUT2D eigenvalue weighted by Gasteiger charge is 2.37. The first kappa shape index (κ1) is 14.2. The van der Waals surface area contributed by atoms with Crippen LogP contribution in [0.5, 0.6) is 0 Å². The Bertz CT molecular complexity index is 794. The second-order valence-electron chi connectivity index (χ2n) is 6.39. The summed E-state index contributed by atoms with van der Waals surface area (Å²) in [5.41, 5.74) is 4.11. The van der Waals surface area contributed by atoms with E-state index in [1.54, 1.807) is 6.92 Å². The third-order valence-corrected chi connectivity index (χ3v) is 5.00. The van der Waals surface area contributed by atoms with Crippen LogP contribution in [0.4, 0.5) is 10.1 Å². The summed E-state index contributed by atoms with van der Waals surface area (Å²) in [5, 5.41) is 3.60. The topological polar surface area (TPSA) is 29.1 Å². The second-order valence-corrected chi connectivity index (χ2v) is 6.39. The van der Waals surface area contributed by atoms with Gasteiger partial charge in [0.2, 0.25) is 0 Å². The highest BCUT2D eigenvalue weighted by atomic mass is 19.1. The largest absolute Gasteiger partial charge is 0.378 e. The molecule has 4 rings (SSSR count). The first-order valence-electron chi connectivity index (χ1n) is 7.97. The van der Waals surface area contributed by atoms with E-state index in [1.165, 1.54) is 17.7 Å². The fourth-order valence-electron chi connectivity index (χ4n) is 3.81. The molecule has 0 unspecified atom stereocenters. The number of halogens is 1. The van der Waals surface area contributed by atoms with Gasteiger partial charge in [-0.3, -0.25) is 4.79 Å². The predicted octanol–water partition coefficient (Wildman–Crippen LogP) is 4.85. The van der Waals surface area contributed by atoms with Crippen molar-refractivity contribution >= 4 is 11.5 Å². The van der Waals surface area contributed by atoms with E-state index in [2.05, 4.69) is 17.5 Å². The van der Waals surface area contributed by atoms with Crippen molar-refractivity contribution in [3.05, 3.63) is 77.1 Å². The first-order chi connectivity index (χ1) is 11.1. The number of carbonyl (C=O) groups is 1. The molecule has 3 atom stereocenters. The summed E-state index contributed by atoms with van der Waals surface area (Å²) in [5.74, 6) is 0.583. The molecule has 1 aliphatic carbocycles. The molecule has 2 nitrogen and oxygen atoms in total. The lowest BCUT2D eigenvalue weighted by Crippen LogP contribution is -2.29. The Morgan fingerprint density at radius 1 is 1.17 bits per heavy atom. The van der Waals surface area contributed by atoms with Gasteiger partial charge in [0.1, 0.15) is 5.82 Å². The molecule has 3 heteroatoms. The molecule has 1 N–H and O–H groups in total. The van der Waals surface area contributed by atoms with Gasteiger partial charge in [0, 0.05) is 17.2 Å². The Hall–Kier alpha value is -2.42. The van der Waals surface area contributed by atoms with Crippen molar-refractivity contribution in [2.24, 2.45) is 5.92 Å². The van der Waals surface area contributed by atoms with Crippen molar-refractivity contribution in [1.82, 2.24) is 0 Å². The third kappa shape index (κ3) is 2.37. The number of rotatable bonds is 2. The number of carbonyl (C=O) groups excluding carboxylic acids is 1. The molecular weight excluding hydrogens is 289 g/mol. The van der Waals surface area contributed by atoms with Crippen LogP contribution in [-0.4, -0.2) is 5.78 Å². The molecule has 0 aromatic heterocycles. The molecule has 23 heavy (non-hydrogen) atoms. The lowest BCUT2D eigenvalue weighted by Gasteiger charge is -2.37. The van der Waals surface area contributed by atoms with Gasteiger partial charge >= 0.3 is 0 Å². The molecule has 0 bridgehead atoms. The van der Waals surface area contributed by atoms with Gasteiger partial charge in [-0.1, -0.05) is 24.3 Å². The number of anilines is 1. The molecule has 2 aromatic rings. The number of hydrogen-bond acceptors (Lipinski definition) is 2. The Morgan fingerprint density at radius 3 is 2.70 bits per heavy atom. The summed E-state index contributed by atoms with van der Waals surface area (Å²) in [4.78, 5) is 11.7. The maximum absolute atomic E-state index is 13.2. The van der Waals surface area contributed by atoms with E-state index in [9.17, 15) is 9.18 Å². The molecule has 0 saturated heterocycles. The Balaban J connectivity index is 1.77. The maximum atomic E-state index is 13.2. The van der Waals surface area contributed by atoms with Crippen molar-refractivity contribution < 1.29 is 9.18 Å². The van der Waals surface area contributed by atoms with E-state index < -0.39 is 0 Å². The zero-order chi connectivity index (χ0) is 16.0. The molecule has 0 radical (unpaired) electrons. The van der Waals surface area contributed by atoms with Crippen molar-refractivity contribution in [2.75, 3.05) is 5.32 Å². The Labute approximate surface area is 135 Å². The van der Waals surface area contributed by atoms with Crippen LogP contribution in [0.2, 0.25) is 0 Å². The molecule has 0 amide bonds. The summed E-state index contributed by atoms with van der Waals surface area (Å²) in [6, 6.07) is 12.8. The lowest BCUT2D eigenvalue weighted by atomic mass is 9.76. The van der Waals surface area contributed by atoms with E-state index >= 15 is 0 Å². The fraction of sp³-hybridized carbons (Fsp3) is 0.250. The monoisotopic (exact) mass is 307 g/mol. The molecule has 116 valence electrons. The summed E-state index contributed by atoms with van der Waals surface area (Å²) < 4.78 is 13.2. The minimum atomic E-state index is -0.211. The van der Waals surface area contributed by atoms with Gasteiger partial charge in [-0.25, -0.2) is 4.39 Å². The van der Waals surface area contributed by atoms with Crippen LogP contribution in [0.1, 0.15) is 46.8 Å². The van der Waals surface area contributed by atoms with E-state index in [-0.39, 0.29) is 17.6 Å². The molecule has 0 saturated carbocycles. The maximum Gasteiger partial charge on any atom is 0.159 e. The Kier molecular flexibility index (Phi) is 3.29. The standard InChI is InChI=1S/C20H18FNO/c1-12(23)14-7-10-19-18(11-14)16-3-2-4-17(16)20(22-19)13-5-8-15(21)9-6-13/h2-3,5-11,16-17,20,22H,4H2,1H3/t16-,17-,20+/m1/s1. The summed E-state index contributed by atoms with van der Waals surface area (Å²) in [6.45, 7) is 1.60. The molecule has 0 fully saturated rings. The summed E-state index contributed by atoms with van der Waals surface area (Å²) in [7, 11) is 0. The molecule has 2 aliphatic rings. The van der Waals surface area contributed by atoms with Crippen LogP contribution in [0.25, 0.3) is 0 Å².